The fourth-order valence-electron chi connectivity index (χ4n) is 3.94. The summed E-state index contributed by atoms with van der Waals surface area (Å²) < 4.78 is 5.96. The highest BCUT2D eigenvalue weighted by Crippen LogP contribution is 2.25. The maximum Gasteiger partial charge on any atom is 0.319 e. The number of benzene rings is 1. The van der Waals surface area contributed by atoms with Gasteiger partial charge in [-0.2, -0.15) is 0 Å². The number of nitrogens with zero attached hydrogens (tertiary/aromatic N) is 1. The van der Waals surface area contributed by atoms with Crippen molar-refractivity contribution in [3.63, 3.8) is 0 Å². The van der Waals surface area contributed by atoms with E-state index in [9.17, 15) is 4.79 Å². The average molecular weight is 360 g/mol. The zero-order valence-electron chi connectivity index (χ0n) is 16.2. The molecule has 1 heterocycles. The van der Waals surface area contributed by atoms with Crippen molar-refractivity contribution in [2.24, 2.45) is 5.92 Å². The quantitative estimate of drug-likeness (QED) is 0.798. The first-order chi connectivity index (χ1) is 12.6. The molecule has 0 atom stereocenters. The van der Waals surface area contributed by atoms with Gasteiger partial charge in [0.2, 0.25) is 0 Å². The molecule has 1 aromatic carbocycles. The van der Waals surface area contributed by atoms with Gasteiger partial charge in [-0.1, -0.05) is 13.8 Å². The Morgan fingerprint density at radius 2 is 1.77 bits per heavy atom. The predicted octanol–water partition coefficient (Wildman–Crippen LogP) is 4.25. The summed E-state index contributed by atoms with van der Waals surface area (Å²) in [7, 11) is 0. The molecule has 1 aliphatic heterocycles. The van der Waals surface area contributed by atoms with Crippen molar-refractivity contribution in [3.05, 3.63) is 24.3 Å². The van der Waals surface area contributed by atoms with Gasteiger partial charge in [-0.15, -0.1) is 0 Å². The van der Waals surface area contributed by atoms with Gasteiger partial charge in [-0.25, -0.2) is 4.79 Å². The van der Waals surface area contributed by atoms with E-state index in [0.29, 0.717) is 12.0 Å². The second-order valence-electron chi connectivity index (χ2n) is 8.12. The summed E-state index contributed by atoms with van der Waals surface area (Å²) in [5, 5.41) is 6.04. The second-order valence-corrected chi connectivity index (χ2v) is 8.12. The van der Waals surface area contributed by atoms with Crippen LogP contribution in [0.1, 0.15) is 52.4 Å². The Kier molecular flexibility index (Phi) is 6.78. The number of piperidine rings is 1. The van der Waals surface area contributed by atoms with Gasteiger partial charge in [-0.05, 0) is 68.7 Å². The minimum atomic E-state index is -0.114. The van der Waals surface area contributed by atoms with E-state index in [4.69, 9.17) is 4.74 Å². The number of amides is 2. The summed E-state index contributed by atoms with van der Waals surface area (Å²) in [6.45, 7) is 7.78. The lowest BCUT2D eigenvalue weighted by Gasteiger charge is -2.33. The van der Waals surface area contributed by atoms with Crippen LogP contribution in [0, 0.1) is 5.92 Å². The van der Waals surface area contributed by atoms with E-state index in [1.807, 2.05) is 24.3 Å². The first kappa shape index (κ1) is 19.0. The molecule has 1 saturated heterocycles. The fourth-order valence-corrected chi connectivity index (χ4v) is 3.94. The van der Waals surface area contributed by atoms with E-state index < -0.39 is 0 Å². The molecule has 144 valence electrons. The molecule has 2 aliphatic rings. The van der Waals surface area contributed by atoms with Crippen LogP contribution in [0.5, 0.6) is 5.75 Å². The number of urea groups is 1. The average Bonchev–Trinajstić information content (AvgIpc) is 3.11. The monoisotopic (exact) mass is 359 g/mol. The van der Waals surface area contributed by atoms with Gasteiger partial charge in [0.05, 0.1) is 6.10 Å². The predicted molar refractivity (Wildman–Crippen MR) is 106 cm³/mol. The van der Waals surface area contributed by atoms with Crippen molar-refractivity contribution in [1.29, 1.82) is 0 Å². The number of likely N-dealkylation sites (tertiary alicyclic amines) is 1. The molecule has 2 fully saturated rings. The summed E-state index contributed by atoms with van der Waals surface area (Å²) >= 11 is 0. The Balaban J connectivity index is 1.39. The van der Waals surface area contributed by atoms with Crippen molar-refractivity contribution in [2.45, 2.75) is 64.5 Å². The number of rotatable bonds is 6. The minimum Gasteiger partial charge on any atom is -0.490 e. The molecule has 0 bridgehead atoms. The van der Waals surface area contributed by atoms with Crippen molar-refractivity contribution in [2.75, 3.05) is 25.0 Å². The van der Waals surface area contributed by atoms with Crippen molar-refractivity contribution in [1.82, 2.24) is 10.2 Å². The van der Waals surface area contributed by atoms with E-state index in [-0.39, 0.29) is 12.1 Å². The van der Waals surface area contributed by atoms with Crippen LogP contribution in [-0.4, -0.2) is 42.7 Å². The SMILES string of the molecule is CC(C)CN1CCC(NC(=O)Nc2ccc(OC3CCCC3)cc2)CC1. The molecule has 2 N–H and O–H groups in total. The lowest BCUT2D eigenvalue weighted by Crippen LogP contribution is -2.46. The Hall–Kier alpha value is -1.75. The normalized spacial score (nSPS) is 19.7. The zero-order valence-corrected chi connectivity index (χ0v) is 16.2. The van der Waals surface area contributed by atoms with Crippen molar-refractivity contribution in [3.8, 4) is 5.75 Å². The van der Waals surface area contributed by atoms with Crippen LogP contribution in [0.4, 0.5) is 10.5 Å². The smallest absolute Gasteiger partial charge is 0.319 e. The number of hydrogen-bond acceptors (Lipinski definition) is 3. The standard InChI is InChI=1S/C21H33N3O2/c1-16(2)15-24-13-11-18(12-14-24)23-21(25)22-17-7-9-20(10-8-17)26-19-5-3-4-6-19/h7-10,16,18-19H,3-6,11-15H2,1-2H3,(H2,22,23,25). The highest BCUT2D eigenvalue weighted by Gasteiger charge is 2.21. The van der Waals surface area contributed by atoms with Gasteiger partial charge in [-0.3, -0.25) is 0 Å². The molecule has 1 saturated carbocycles. The summed E-state index contributed by atoms with van der Waals surface area (Å²) in [5.41, 5.74) is 0.804. The molecule has 0 unspecified atom stereocenters. The number of carbonyl (C=O) groups is 1. The lowest BCUT2D eigenvalue weighted by molar-refractivity contribution is 0.180. The van der Waals surface area contributed by atoms with E-state index in [1.165, 1.54) is 12.8 Å². The Labute approximate surface area is 157 Å². The molecular weight excluding hydrogens is 326 g/mol. The minimum absolute atomic E-state index is 0.114. The van der Waals surface area contributed by atoms with Crippen LogP contribution in [0.2, 0.25) is 0 Å². The molecule has 26 heavy (non-hydrogen) atoms. The molecule has 0 aromatic heterocycles. The zero-order chi connectivity index (χ0) is 18.4. The molecular formula is C21H33N3O2. The molecule has 0 spiro atoms. The third-order valence-corrected chi connectivity index (χ3v) is 5.26. The van der Waals surface area contributed by atoms with Crippen LogP contribution in [-0.2, 0) is 0 Å². The Morgan fingerprint density at radius 1 is 1.12 bits per heavy atom. The highest BCUT2D eigenvalue weighted by molar-refractivity contribution is 5.89. The number of nitrogens with one attached hydrogen (secondary N) is 2. The number of hydrogen-bond donors (Lipinski definition) is 2. The van der Waals surface area contributed by atoms with Gasteiger partial charge >= 0.3 is 6.03 Å². The fraction of sp³-hybridized carbons (Fsp3) is 0.667. The number of carbonyl (C=O) groups excluding carboxylic acids is 1. The number of ether oxygens (including phenoxy) is 1. The third kappa shape index (κ3) is 5.90. The van der Waals surface area contributed by atoms with Crippen LogP contribution in [0.3, 0.4) is 0 Å². The highest BCUT2D eigenvalue weighted by atomic mass is 16.5. The molecule has 5 nitrogen and oxygen atoms in total. The van der Waals surface area contributed by atoms with E-state index >= 15 is 0 Å². The first-order valence-electron chi connectivity index (χ1n) is 10.1. The van der Waals surface area contributed by atoms with Crippen molar-refractivity contribution >= 4 is 11.7 Å². The van der Waals surface area contributed by atoms with Gasteiger partial charge < -0.3 is 20.3 Å². The summed E-state index contributed by atoms with van der Waals surface area (Å²) in [4.78, 5) is 14.7. The molecule has 5 heteroatoms. The first-order valence-corrected chi connectivity index (χ1v) is 10.1. The van der Waals surface area contributed by atoms with Gasteiger partial charge in [0.1, 0.15) is 5.75 Å². The second kappa shape index (κ2) is 9.26. The maximum absolute atomic E-state index is 12.2. The summed E-state index contributed by atoms with van der Waals surface area (Å²) in [5.74, 6) is 1.59. The molecule has 1 aromatic rings. The van der Waals surface area contributed by atoms with Crippen LogP contribution >= 0.6 is 0 Å². The van der Waals surface area contributed by atoms with E-state index in [2.05, 4.69) is 29.4 Å². The lowest BCUT2D eigenvalue weighted by atomic mass is 10.0. The number of anilines is 1. The largest absolute Gasteiger partial charge is 0.490 e. The topological polar surface area (TPSA) is 53.6 Å². The Bertz CT molecular complexity index is 559. The van der Waals surface area contributed by atoms with Gasteiger partial charge in [0, 0.05) is 31.4 Å². The van der Waals surface area contributed by atoms with Crippen LogP contribution < -0.4 is 15.4 Å². The van der Waals surface area contributed by atoms with Crippen molar-refractivity contribution < 1.29 is 9.53 Å². The van der Waals surface area contributed by atoms with Crippen LogP contribution in [0.25, 0.3) is 0 Å². The summed E-state index contributed by atoms with van der Waals surface area (Å²) in [6.07, 6.45) is 7.24. The molecule has 2 amide bonds. The van der Waals surface area contributed by atoms with E-state index in [0.717, 1.165) is 56.8 Å². The van der Waals surface area contributed by atoms with Gasteiger partial charge in [0.25, 0.3) is 0 Å². The third-order valence-electron chi connectivity index (χ3n) is 5.26. The molecule has 3 rings (SSSR count). The summed E-state index contributed by atoms with van der Waals surface area (Å²) in [6, 6.07) is 7.86. The molecule has 0 radical (unpaired) electrons. The molecule has 1 aliphatic carbocycles. The maximum atomic E-state index is 12.2. The van der Waals surface area contributed by atoms with E-state index in [1.54, 1.807) is 0 Å². The van der Waals surface area contributed by atoms with Gasteiger partial charge in [0.15, 0.2) is 0 Å². The van der Waals surface area contributed by atoms with Crippen LogP contribution in [0.15, 0.2) is 24.3 Å². The Morgan fingerprint density at radius 3 is 2.38 bits per heavy atom.